The van der Waals surface area contributed by atoms with Crippen molar-refractivity contribution in [3.05, 3.63) is 57.8 Å². The Labute approximate surface area is 152 Å². The zero-order valence-corrected chi connectivity index (χ0v) is 14.7. The second kappa shape index (κ2) is 6.51. The summed E-state index contributed by atoms with van der Waals surface area (Å²) in [6, 6.07) is 4.73. The van der Waals surface area contributed by atoms with Gasteiger partial charge in [0.15, 0.2) is 11.6 Å². The van der Waals surface area contributed by atoms with Crippen LogP contribution in [-0.4, -0.2) is 19.3 Å². The summed E-state index contributed by atoms with van der Waals surface area (Å²) in [6.45, 7) is 0. The van der Waals surface area contributed by atoms with Gasteiger partial charge in [-0.2, -0.15) is 0 Å². The van der Waals surface area contributed by atoms with E-state index in [9.17, 15) is 22.0 Å². The molecule has 1 amide bonds. The number of nitrogens with one attached hydrogen (secondary N) is 1. The van der Waals surface area contributed by atoms with E-state index in [1.54, 1.807) is 0 Å². The minimum atomic E-state index is -4.20. The third kappa shape index (κ3) is 3.61. The summed E-state index contributed by atoms with van der Waals surface area (Å²) in [5.41, 5.74) is 0.0498. The molecule has 1 saturated carbocycles. The van der Waals surface area contributed by atoms with E-state index in [-0.39, 0.29) is 27.1 Å². The number of halogens is 4. The molecule has 0 saturated heterocycles. The van der Waals surface area contributed by atoms with Crippen LogP contribution in [0.4, 0.5) is 8.78 Å². The Morgan fingerprint density at radius 3 is 2.68 bits per heavy atom. The Morgan fingerprint density at radius 1 is 1.28 bits per heavy atom. The molecule has 1 heterocycles. The molecule has 2 aromatic rings. The molecular weight excluding hydrogens is 397 g/mol. The van der Waals surface area contributed by atoms with Crippen LogP contribution < -0.4 is 4.72 Å². The lowest BCUT2D eigenvalue weighted by Crippen LogP contribution is -2.32. The summed E-state index contributed by atoms with van der Waals surface area (Å²) in [5.74, 6) is -4.18. The minimum Gasteiger partial charge on any atom is -0.274 e. The molecule has 0 unspecified atom stereocenters. The second-order valence-corrected chi connectivity index (χ2v) is 7.95. The van der Waals surface area contributed by atoms with Crippen molar-refractivity contribution in [1.29, 1.82) is 0 Å². The predicted octanol–water partition coefficient (Wildman–Crippen LogP) is 3.28. The number of carbonyl (C=O) groups is 1. The molecule has 0 bridgehead atoms. The van der Waals surface area contributed by atoms with Crippen molar-refractivity contribution in [2.45, 2.75) is 17.2 Å². The van der Waals surface area contributed by atoms with E-state index in [2.05, 4.69) is 4.98 Å². The van der Waals surface area contributed by atoms with Gasteiger partial charge in [0.05, 0.1) is 5.02 Å². The number of pyridine rings is 1. The Balaban J connectivity index is 1.75. The second-order valence-electron chi connectivity index (χ2n) is 5.51. The van der Waals surface area contributed by atoms with Gasteiger partial charge in [0.1, 0.15) is 10.0 Å². The Hall–Kier alpha value is -1.77. The van der Waals surface area contributed by atoms with E-state index in [0.717, 1.165) is 18.3 Å². The van der Waals surface area contributed by atoms with Crippen molar-refractivity contribution in [3.8, 4) is 0 Å². The number of rotatable bonds is 4. The van der Waals surface area contributed by atoms with Crippen LogP contribution >= 0.6 is 23.2 Å². The highest BCUT2D eigenvalue weighted by atomic mass is 35.5. The zero-order chi connectivity index (χ0) is 18.4. The van der Waals surface area contributed by atoms with Gasteiger partial charge in [-0.3, -0.25) is 4.79 Å². The molecular formula is C15H10Cl2F2N2O3S. The van der Waals surface area contributed by atoms with Gasteiger partial charge in [0, 0.05) is 12.1 Å². The average Bonchev–Trinajstić information content (AvgIpc) is 3.32. The molecule has 132 valence electrons. The molecule has 25 heavy (non-hydrogen) atoms. The summed E-state index contributed by atoms with van der Waals surface area (Å²) < 4.78 is 53.3. The van der Waals surface area contributed by atoms with E-state index < -0.39 is 39.4 Å². The Kier molecular flexibility index (Phi) is 4.70. The van der Waals surface area contributed by atoms with Gasteiger partial charge in [0.25, 0.3) is 10.0 Å². The maximum Gasteiger partial charge on any atom is 0.265 e. The number of hydrogen-bond acceptors (Lipinski definition) is 4. The average molecular weight is 407 g/mol. The lowest BCUT2D eigenvalue weighted by atomic mass is 10.1. The standard InChI is InChI=1S/C15H10Cl2F2N2O3S/c16-11-4-7(6-20-14(11)17)25(23,24)21-15(22)10-5-9(10)8-2-1-3-12(18)13(8)19/h1-4,6,9-10H,5H2,(H,21,22)/t9-,10-/m1/s1. The summed E-state index contributed by atoms with van der Waals surface area (Å²) >= 11 is 11.3. The Morgan fingerprint density at radius 2 is 2.00 bits per heavy atom. The van der Waals surface area contributed by atoms with Gasteiger partial charge in [-0.25, -0.2) is 26.9 Å². The van der Waals surface area contributed by atoms with Crippen LogP contribution in [0, 0.1) is 17.6 Å². The lowest BCUT2D eigenvalue weighted by molar-refractivity contribution is -0.120. The molecule has 0 spiro atoms. The normalized spacial score (nSPS) is 19.5. The van der Waals surface area contributed by atoms with Crippen LogP contribution in [0.15, 0.2) is 35.4 Å². The van der Waals surface area contributed by atoms with E-state index in [1.165, 1.54) is 12.1 Å². The fourth-order valence-electron chi connectivity index (χ4n) is 2.45. The van der Waals surface area contributed by atoms with Crippen LogP contribution in [0.5, 0.6) is 0 Å². The quantitative estimate of drug-likeness (QED) is 0.790. The molecule has 0 radical (unpaired) electrons. The summed E-state index contributed by atoms with van der Waals surface area (Å²) in [4.78, 5) is 15.4. The van der Waals surface area contributed by atoms with E-state index >= 15 is 0 Å². The first-order chi connectivity index (χ1) is 11.7. The van der Waals surface area contributed by atoms with E-state index in [1.807, 2.05) is 4.72 Å². The zero-order valence-electron chi connectivity index (χ0n) is 12.3. The first-order valence-electron chi connectivity index (χ1n) is 7.02. The molecule has 1 N–H and O–H groups in total. The number of aromatic nitrogens is 1. The maximum atomic E-state index is 13.8. The number of benzene rings is 1. The van der Waals surface area contributed by atoms with Crippen molar-refractivity contribution in [2.24, 2.45) is 5.92 Å². The van der Waals surface area contributed by atoms with Gasteiger partial charge in [-0.05, 0) is 30.0 Å². The highest BCUT2D eigenvalue weighted by Crippen LogP contribution is 2.48. The fourth-order valence-corrected chi connectivity index (χ4v) is 3.79. The third-order valence-electron chi connectivity index (χ3n) is 3.82. The van der Waals surface area contributed by atoms with Crippen LogP contribution in [0.3, 0.4) is 0 Å². The van der Waals surface area contributed by atoms with E-state index in [4.69, 9.17) is 23.2 Å². The number of carbonyl (C=O) groups excluding carboxylic acids is 1. The van der Waals surface area contributed by atoms with Gasteiger partial charge in [-0.15, -0.1) is 0 Å². The molecule has 1 aromatic carbocycles. The monoisotopic (exact) mass is 406 g/mol. The molecule has 1 fully saturated rings. The molecule has 10 heteroatoms. The van der Waals surface area contributed by atoms with Crippen molar-refractivity contribution in [1.82, 2.24) is 9.71 Å². The lowest BCUT2D eigenvalue weighted by Gasteiger charge is -2.08. The topological polar surface area (TPSA) is 76.1 Å². The van der Waals surface area contributed by atoms with Gasteiger partial charge >= 0.3 is 0 Å². The largest absolute Gasteiger partial charge is 0.274 e. The SMILES string of the molecule is O=C(NS(=O)(=O)c1cnc(Cl)c(Cl)c1)[C@@H]1C[C@@H]1c1cccc(F)c1F. The summed E-state index contributed by atoms with van der Waals surface area (Å²) in [7, 11) is -4.20. The highest BCUT2D eigenvalue weighted by Gasteiger charge is 2.46. The van der Waals surface area contributed by atoms with Crippen LogP contribution in [0.2, 0.25) is 10.2 Å². The van der Waals surface area contributed by atoms with Crippen LogP contribution in [0.1, 0.15) is 17.9 Å². The van der Waals surface area contributed by atoms with Gasteiger partial charge in [-0.1, -0.05) is 35.3 Å². The van der Waals surface area contributed by atoms with Crippen molar-refractivity contribution in [3.63, 3.8) is 0 Å². The van der Waals surface area contributed by atoms with Gasteiger partial charge in [0.2, 0.25) is 5.91 Å². The van der Waals surface area contributed by atoms with E-state index in [0.29, 0.717) is 0 Å². The number of sulfonamides is 1. The molecule has 5 nitrogen and oxygen atoms in total. The smallest absolute Gasteiger partial charge is 0.265 e. The molecule has 1 aliphatic rings. The maximum absolute atomic E-state index is 13.8. The third-order valence-corrected chi connectivity index (χ3v) is 5.82. The first-order valence-corrected chi connectivity index (χ1v) is 9.26. The number of nitrogens with zero attached hydrogens (tertiary/aromatic N) is 1. The number of amides is 1. The molecule has 0 aliphatic heterocycles. The number of hydrogen-bond donors (Lipinski definition) is 1. The van der Waals surface area contributed by atoms with Crippen molar-refractivity contribution < 1.29 is 22.0 Å². The van der Waals surface area contributed by atoms with Crippen LogP contribution in [-0.2, 0) is 14.8 Å². The van der Waals surface area contributed by atoms with Gasteiger partial charge < -0.3 is 0 Å². The predicted molar refractivity (Wildman–Crippen MR) is 86.8 cm³/mol. The fraction of sp³-hybridized carbons (Fsp3) is 0.200. The molecule has 1 aromatic heterocycles. The molecule has 2 atom stereocenters. The van der Waals surface area contributed by atoms with Crippen molar-refractivity contribution in [2.75, 3.05) is 0 Å². The molecule has 1 aliphatic carbocycles. The summed E-state index contributed by atoms with van der Waals surface area (Å²) in [5, 5.41) is -0.154. The van der Waals surface area contributed by atoms with Crippen molar-refractivity contribution >= 4 is 39.1 Å². The van der Waals surface area contributed by atoms with Crippen LogP contribution in [0.25, 0.3) is 0 Å². The Bertz CT molecular complexity index is 969. The minimum absolute atomic E-state index is 0.0498. The highest BCUT2D eigenvalue weighted by molar-refractivity contribution is 7.90. The summed E-state index contributed by atoms with van der Waals surface area (Å²) in [6.07, 6.45) is 1.18. The first kappa shape index (κ1) is 18.0. The molecule has 3 rings (SSSR count).